The Balaban J connectivity index is 2.18. The van der Waals surface area contributed by atoms with Gasteiger partial charge in [0.25, 0.3) is 0 Å². The highest BCUT2D eigenvalue weighted by molar-refractivity contribution is 5.95. The van der Waals surface area contributed by atoms with Crippen molar-refractivity contribution < 1.29 is 24.2 Å². The van der Waals surface area contributed by atoms with Gasteiger partial charge < -0.3 is 19.9 Å². The van der Waals surface area contributed by atoms with E-state index in [2.05, 4.69) is 5.32 Å². The molecule has 6 nitrogen and oxygen atoms in total. The minimum absolute atomic E-state index is 0.0820. The summed E-state index contributed by atoms with van der Waals surface area (Å²) < 4.78 is 10.8. The van der Waals surface area contributed by atoms with Crippen molar-refractivity contribution in [1.29, 1.82) is 0 Å². The fourth-order valence-electron chi connectivity index (χ4n) is 2.94. The molecule has 0 fully saturated rings. The van der Waals surface area contributed by atoms with Crippen molar-refractivity contribution in [3.63, 3.8) is 0 Å². The molecular formula is C19H27NO5. The number of amides is 1. The average molecular weight is 349 g/mol. The van der Waals surface area contributed by atoms with E-state index in [4.69, 9.17) is 9.47 Å². The zero-order valence-corrected chi connectivity index (χ0v) is 15.5. The third-order valence-electron chi connectivity index (χ3n) is 3.89. The van der Waals surface area contributed by atoms with E-state index in [0.29, 0.717) is 18.8 Å². The van der Waals surface area contributed by atoms with Crippen LogP contribution in [0.2, 0.25) is 0 Å². The molecule has 2 atom stereocenters. The zero-order valence-electron chi connectivity index (χ0n) is 15.5. The maximum Gasteiger partial charge on any atom is 0.408 e. The number of phenols is 1. The van der Waals surface area contributed by atoms with Gasteiger partial charge in [0.05, 0.1) is 6.04 Å². The van der Waals surface area contributed by atoms with E-state index in [1.165, 1.54) is 6.07 Å². The molecule has 138 valence electrons. The van der Waals surface area contributed by atoms with Gasteiger partial charge in [-0.25, -0.2) is 9.59 Å². The number of alkyl carbamates (subject to hydrolysis) is 1. The zero-order chi connectivity index (χ0) is 18.8. The molecule has 1 aliphatic heterocycles. The van der Waals surface area contributed by atoms with Gasteiger partial charge in [-0.1, -0.05) is 26.0 Å². The van der Waals surface area contributed by atoms with E-state index in [1.54, 1.807) is 32.9 Å². The first-order valence-electron chi connectivity index (χ1n) is 8.58. The highest BCUT2D eigenvalue weighted by Gasteiger charge is 2.35. The monoisotopic (exact) mass is 349 g/mol. The first-order valence-corrected chi connectivity index (χ1v) is 8.58. The van der Waals surface area contributed by atoms with Crippen LogP contribution >= 0.6 is 0 Å². The lowest BCUT2D eigenvalue weighted by Gasteiger charge is -2.33. The lowest BCUT2D eigenvalue weighted by Crippen LogP contribution is -2.49. The molecule has 6 heteroatoms. The molecule has 2 N–H and O–H groups in total. The van der Waals surface area contributed by atoms with E-state index < -0.39 is 23.8 Å². The number of benzene rings is 1. The fourth-order valence-corrected chi connectivity index (χ4v) is 2.94. The number of cyclic esters (lactones) is 1. The summed E-state index contributed by atoms with van der Waals surface area (Å²) in [7, 11) is 0. The summed E-state index contributed by atoms with van der Waals surface area (Å²) in [6.45, 7) is 9.46. The third-order valence-corrected chi connectivity index (χ3v) is 3.89. The molecule has 1 amide bonds. The number of hydrogen-bond acceptors (Lipinski definition) is 5. The molecule has 0 saturated heterocycles. The Morgan fingerprint density at radius 2 is 2.08 bits per heavy atom. The molecule has 0 aliphatic carbocycles. The van der Waals surface area contributed by atoms with E-state index in [1.807, 2.05) is 13.8 Å². The number of nitrogens with one attached hydrogen (secondary N) is 1. The highest BCUT2D eigenvalue weighted by atomic mass is 16.6. The summed E-state index contributed by atoms with van der Waals surface area (Å²) in [4.78, 5) is 24.5. The van der Waals surface area contributed by atoms with Gasteiger partial charge in [-0.05, 0) is 44.7 Å². The Kier molecular flexibility index (Phi) is 5.60. The van der Waals surface area contributed by atoms with Gasteiger partial charge in [0.2, 0.25) is 0 Å². The Labute approximate surface area is 148 Å². The number of ether oxygens (including phenoxy) is 2. The summed E-state index contributed by atoms with van der Waals surface area (Å²) in [5.74, 6) is -0.352. The van der Waals surface area contributed by atoms with Gasteiger partial charge in [0, 0.05) is 6.42 Å². The van der Waals surface area contributed by atoms with Crippen LogP contribution in [0.3, 0.4) is 0 Å². The van der Waals surface area contributed by atoms with Crippen molar-refractivity contribution in [2.24, 2.45) is 5.92 Å². The third kappa shape index (κ3) is 5.11. The van der Waals surface area contributed by atoms with Crippen LogP contribution < -0.4 is 5.32 Å². The Bertz CT molecular complexity index is 648. The number of carbonyl (C=O) groups excluding carboxylic acids is 2. The van der Waals surface area contributed by atoms with Gasteiger partial charge >= 0.3 is 12.1 Å². The summed E-state index contributed by atoms with van der Waals surface area (Å²) in [5.41, 5.74) is 0.328. The summed E-state index contributed by atoms with van der Waals surface area (Å²) in [6.07, 6.45) is 0.0428. The fraction of sp³-hybridized carbons (Fsp3) is 0.579. The van der Waals surface area contributed by atoms with Crippen LogP contribution in [0.4, 0.5) is 4.79 Å². The van der Waals surface area contributed by atoms with Crippen LogP contribution in [0.1, 0.15) is 57.0 Å². The lowest BCUT2D eigenvalue weighted by atomic mass is 9.90. The van der Waals surface area contributed by atoms with E-state index in [-0.39, 0.29) is 17.4 Å². The smallest absolute Gasteiger partial charge is 0.408 e. The maximum absolute atomic E-state index is 12.3. The highest BCUT2D eigenvalue weighted by Crippen LogP contribution is 2.30. The van der Waals surface area contributed by atoms with Crippen LogP contribution in [-0.2, 0) is 15.9 Å². The minimum Gasteiger partial charge on any atom is -0.507 e. The molecule has 0 aromatic heterocycles. The predicted octanol–water partition coefficient (Wildman–Crippen LogP) is 3.41. The molecular weight excluding hydrogens is 322 g/mol. The number of fused-ring (bicyclic) bond motifs is 1. The molecule has 1 aromatic carbocycles. The quantitative estimate of drug-likeness (QED) is 0.814. The molecule has 0 unspecified atom stereocenters. The first kappa shape index (κ1) is 19.1. The van der Waals surface area contributed by atoms with Crippen molar-refractivity contribution in [3.8, 4) is 5.75 Å². The molecule has 25 heavy (non-hydrogen) atoms. The molecule has 0 bridgehead atoms. The van der Waals surface area contributed by atoms with Crippen molar-refractivity contribution in [3.05, 3.63) is 29.3 Å². The predicted molar refractivity (Wildman–Crippen MR) is 93.6 cm³/mol. The average Bonchev–Trinajstić information content (AvgIpc) is 2.43. The summed E-state index contributed by atoms with van der Waals surface area (Å²) in [5, 5.41) is 12.7. The number of hydrogen-bond donors (Lipinski definition) is 2. The Morgan fingerprint density at radius 3 is 2.68 bits per heavy atom. The topological polar surface area (TPSA) is 84.9 Å². The SMILES string of the molecule is CC(C)C[C@H](NC(=O)OC(C)(C)C)[C@@H]1Cc2cccc(O)c2C(=O)O1. The number of phenolic OH excluding ortho intramolecular Hbond substituents is 1. The van der Waals surface area contributed by atoms with Gasteiger partial charge in [0.1, 0.15) is 23.0 Å². The second kappa shape index (κ2) is 7.33. The van der Waals surface area contributed by atoms with Crippen molar-refractivity contribution in [1.82, 2.24) is 5.32 Å². The van der Waals surface area contributed by atoms with Gasteiger partial charge in [-0.2, -0.15) is 0 Å². The molecule has 2 rings (SSSR count). The maximum atomic E-state index is 12.3. The molecule has 1 aromatic rings. The van der Waals surface area contributed by atoms with Crippen LogP contribution in [0.5, 0.6) is 5.75 Å². The Hall–Kier alpha value is -2.24. The molecule has 1 heterocycles. The van der Waals surface area contributed by atoms with Crippen molar-refractivity contribution >= 4 is 12.1 Å². The first-order chi connectivity index (χ1) is 11.6. The van der Waals surface area contributed by atoms with Crippen LogP contribution in [0.15, 0.2) is 18.2 Å². The van der Waals surface area contributed by atoms with Crippen LogP contribution in [-0.4, -0.2) is 34.9 Å². The molecule has 0 saturated carbocycles. The minimum atomic E-state index is -0.603. The van der Waals surface area contributed by atoms with E-state index >= 15 is 0 Å². The summed E-state index contributed by atoms with van der Waals surface area (Å²) >= 11 is 0. The van der Waals surface area contributed by atoms with Gasteiger partial charge in [-0.3, -0.25) is 0 Å². The number of rotatable bonds is 4. The van der Waals surface area contributed by atoms with Crippen LogP contribution in [0, 0.1) is 5.92 Å². The number of aromatic hydroxyl groups is 1. The number of esters is 1. The molecule has 0 radical (unpaired) electrons. The lowest BCUT2D eigenvalue weighted by molar-refractivity contribution is 0.00700. The summed E-state index contributed by atoms with van der Waals surface area (Å²) in [6, 6.07) is 4.59. The molecule has 1 aliphatic rings. The standard InChI is InChI=1S/C19H27NO5/c1-11(2)9-13(20-18(23)25-19(3,4)5)15-10-12-7-6-8-14(21)16(12)17(22)24-15/h6-8,11,13,15,21H,9-10H2,1-5H3,(H,20,23)/t13-,15-/m0/s1. The van der Waals surface area contributed by atoms with Gasteiger partial charge in [0.15, 0.2) is 0 Å². The van der Waals surface area contributed by atoms with E-state index in [0.717, 1.165) is 5.56 Å². The van der Waals surface area contributed by atoms with E-state index in [9.17, 15) is 14.7 Å². The number of carbonyl (C=O) groups is 2. The molecule has 0 spiro atoms. The Morgan fingerprint density at radius 1 is 1.40 bits per heavy atom. The van der Waals surface area contributed by atoms with Crippen molar-refractivity contribution in [2.45, 2.75) is 65.2 Å². The second-order valence-corrected chi connectivity index (χ2v) is 7.84. The van der Waals surface area contributed by atoms with Crippen molar-refractivity contribution in [2.75, 3.05) is 0 Å². The van der Waals surface area contributed by atoms with Crippen LogP contribution in [0.25, 0.3) is 0 Å². The normalized spacial score (nSPS) is 18.3. The van der Waals surface area contributed by atoms with Gasteiger partial charge in [-0.15, -0.1) is 0 Å². The second-order valence-electron chi connectivity index (χ2n) is 7.84. The largest absolute Gasteiger partial charge is 0.507 e.